The maximum Gasteiger partial charge on any atom is 0.263 e. The highest BCUT2D eigenvalue weighted by Crippen LogP contribution is 2.53. The summed E-state index contributed by atoms with van der Waals surface area (Å²) in [5, 5.41) is 2.72. The van der Waals surface area contributed by atoms with Crippen molar-refractivity contribution in [1.29, 1.82) is 0 Å². The van der Waals surface area contributed by atoms with Gasteiger partial charge in [0.15, 0.2) is 43.2 Å². The van der Waals surface area contributed by atoms with Gasteiger partial charge < -0.3 is 42.5 Å². The van der Waals surface area contributed by atoms with Crippen LogP contribution in [-0.2, 0) is 38.1 Å². The predicted molar refractivity (Wildman–Crippen MR) is 307 cm³/mol. The van der Waals surface area contributed by atoms with E-state index in [0.29, 0.717) is 34.2 Å². The molecule has 3 heterocycles. The summed E-state index contributed by atoms with van der Waals surface area (Å²) in [7, 11) is -1.26. The Morgan fingerprint density at radius 2 is 1.34 bits per heavy atom. The smallest absolute Gasteiger partial charge is 0.263 e. The van der Waals surface area contributed by atoms with Crippen molar-refractivity contribution in [2.75, 3.05) is 45.1 Å². The molecule has 77 heavy (non-hydrogen) atoms. The number of methoxy groups -OCH3 is 2. The van der Waals surface area contributed by atoms with Crippen LogP contribution in [0, 0.1) is 5.41 Å². The number of nitrogens with zero attached hydrogens (tertiary/aromatic N) is 5. The average molecular weight is 1110 g/mol. The third-order valence-electron chi connectivity index (χ3n) is 13.8. The van der Waals surface area contributed by atoms with Gasteiger partial charge in [0.25, 0.3) is 14.4 Å². The van der Waals surface area contributed by atoms with E-state index in [9.17, 15) is 9.59 Å². The third-order valence-corrected chi connectivity index (χ3v) is 21.6. The molecule has 414 valence electrons. The normalized spacial score (nSPS) is 17.8. The molecule has 1 unspecified atom stereocenters. The third kappa shape index (κ3) is 14.1. The van der Waals surface area contributed by atoms with E-state index in [4.69, 9.17) is 47.1 Å². The first kappa shape index (κ1) is 59.4. The highest BCUT2D eigenvalue weighted by atomic mass is 32.2. The molecule has 1 N–H and O–H groups in total. The number of thioether (sulfide) groups is 1. The molecule has 5 atom stereocenters. The van der Waals surface area contributed by atoms with Crippen molar-refractivity contribution in [1.82, 2.24) is 24.2 Å². The number of hydrogen-bond donors (Lipinski definition) is 1. The number of amides is 1. The highest BCUT2D eigenvalue weighted by molar-refractivity contribution is 8.13. The van der Waals surface area contributed by atoms with Crippen LogP contribution in [0.5, 0.6) is 17.2 Å². The van der Waals surface area contributed by atoms with Crippen molar-refractivity contribution in [2.24, 2.45) is 5.41 Å². The minimum absolute atomic E-state index is 0.00515. The van der Waals surface area contributed by atoms with Gasteiger partial charge in [-0.15, -0.1) is 0 Å². The molecule has 19 heteroatoms. The Morgan fingerprint density at radius 1 is 0.766 bits per heavy atom. The molecule has 7 rings (SSSR count). The summed E-state index contributed by atoms with van der Waals surface area (Å²) >= 11 is 1.26. The Morgan fingerprint density at radius 3 is 1.88 bits per heavy atom. The first-order valence-corrected chi connectivity index (χ1v) is 31.1. The van der Waals surface area contributed by atoms with Gasteiger partial charge in [0.05, 0.1) is 33.8 Å². The van der Waals surface area contributed by atoms with Crippen LogP contribution in [0.4, 0.5) is 5.82 Å². The molecular formula is C58H77N6O10PSSi. The SMILES string of the molecule is COc1ccc(C(OC[C@H]2O[C@@H](n3cnc4c(NC(=O)COc5ccccc5)ncnc43)[C@@H](O[Si](C)(C)C(C)(C)C)[C@H]2OP(OCCSC(=O)C(C)(C)C)N(C(C)C)C(C)C)(c2ccccc2)c2ccc(OC)cc2)cc1. The number of carbonyl (C=O) groups excluding carboxylic acids is 2. The van der Waals surface area contributed by atoms with Gasteiger partial charge in [-0.3, -0.25) is 14.2 Å². The lowest BCUT2D eigenvalue weighted by atomic mass is 9.80. The van der Waals surface area contributed by atoms with Crippen LogP contribution in [0.15, 0.2) is 122 Å². The Bertz CT molecular complexity index is 2790. The first-order valence-electron chi connectivity index (χ1n) is 26.1. The van der Waals surface area contributed by atoms with Crippen LogP contribution in [-0.4, -0.2) is 114 Å². The van der Waals surface area contributed by atoms with E-state index in [-0.39, 0.29) is 47.9 Å². The molecule has 4 aromatic carbocycles. The summed E-state index contributed by atoms with van der Waals surface area (Å²) in [4.78, 5) is 40.6. The van der Waals surface area contributed by atoms with Crippen molar-refractivity contribution in [3.63, 3.8) is 0 Å². The fourth-order valence-corrected chi connectivity index (χ4v) is 12.7. The second-order valence-corrected chi connectivity index (χ2v) is 29.2. The second kappa shape index (κ2) is 25.7. The van der Waals surface area contributed by atoms with Gasteiger partial charge in [0, 0.05) is 23.3 Å². The molecule has 16 nitrogen and oxygen atoms in total. The van der Waals surface area contributed by atoms with Crippen molar-refractivity contribution < 1.29 is 46.7 Å². The number of nitrogens with one attached hydrogen (secondary N) is 1. The zero-order valence-corrected chi connectivity index (χ0v) is 49.7. The number of ether oxygens (including phenoxy) is 5. The monoisotopic (exact) mass is 1110 g/mol. The number of fused-ring (bicyclic) bond motifs is 1. The first-order chi connectivity index (χ1) is 36.6. The van der Waals surface area contributed by atoms with Gasteiger partial charge >= 0.3 is 0 Å². The highest BCUT2D eigenvalue weighted by Gasteiger charge is 2.54. The number of hydrogen-bond acceptors (Lipinski definition) is 15. The van der Waals surface area contributed by atoms with Gasteiger partial charge in [0.1, 0.15) is 47.5 Å². The lowest BCUT2D eigenvalue weighted by Crippen LogP contribution is -2.50. The zero-order valence-electron chi connectivity index (χ0n) is 47.0. The molecule has 0 spiro atoms. The van der Waals surface area contributed by atoms with Gasteiger partial charge in [-0.1, -0.05) is 126 Å². The number of para-hydroxylation sites is 1. The van der Waals surface area contributed by atoms with Crippen LogP contribution < -0.4 is 19.5 Å². The van der Waals surface area contributed by atoms with Crippen LogP contribution >= 0.6 is 20.3 Å². The average Bonchev–Trinajstić information content (AvgIpc) is 4.00. The number of carbonyl (C=O) groups is 2. The van der Waals surface area contributed by atoms with E-state index < -0.39 is 58.3 Å². The van der Waals surface area contributed by atoms with Gasteiger partial charge in [-0.2, -0.15) is 0 Å². The summed E-state index contributed by atoms with van der Waals surface area (Å²) in [5.41, 5.74) is 1.57. The fraction of sp³-hybridized carbons (Fsp3) is 0.466. The summed E-state index contributed by atoms with van der Waals surface area (Å²) in [5.74, 6) is 2.17. The fourth-order valence-electron chi connectivity index (χ4n) is 8.78. The molecule has 1 aliphatic heterocycles. The lowest BCUT2D eigenvalue weighted by molar-refractivity contribution is -0.118. The quantitative estimate of drug-likeness (QED) is 0.0263. The molecule has 1 fully saturated rings. The van der Waals surface area contributed by atoms with E-state index in [1.54, 1.807) is 32.7 Å². The number of aromatic nitrogens is 4. The predicted octanol–water partition coefficient (Wildman–Crippen LogP) is 12.2. The molecule has 1 amide bonds. The number of benzene rings is 4. The van der Waals surface area contributed by atoms with Gasteiger partial charge in [-0.25, -0.2) is 19.6 Å². The van der Waals surface area contributed by atoms with Crippen LogP contribution in [0.3, 0.4) is 0 Å². The Kier molecular flexibility index (Phi) is 19.8. The molecule has 2 aromatic heterocycles. The molecule has 0 bridgehead atoms. The molecule has 6 aromatic rings. The molecule has 0 saturated carbocycles. The second-order valence-electron chi connectivity index (χ2n) is 22.0. The van der Waals surface area contributed by atoms with E-state index >= 15 is 0 Å². The van der Waals surface area contributed by atoms with E-state index in [1.807, 2.05) is 110 Å². The summed E-state index contributed by atoms with van der Waals surface area (Å²) in [6.45, 7) is 25.2. The summed E-state index contributed by atoms with van der Waals surface area (Å²) in [6, 6.07) is 35.0. The molecule has 0 aliphatic carbocycles. The van der Waals surface area contributed by atoms with Gasteiger partial charge in [-0.05, 0) is 98.9 Å². The molecule has 0 radical (unpaired) electrons. The topological polar surface area (TPSA) is 167 Å². The number of rotatable bonds is 24. The van der Waals surface area contributed by atoms with Crippen molar-refractivity contribution >= 4 is 56.6 Å². The minimum atomic E-state index is -2.70. The zero-order chi connectivity index (χ0) is 55.7. The largest absolute Gasteiger partial charge is 0.497 e. The van der Waals surface area contributed by atoms with Crippen molar-refractivity contribution in [3.8, 4) is 17.2 Å². The van der Waals surface area contributed by atoms with E-state index in [2.05, 4.69) is 88.7 Å². The van der Waals surface area contributed by atoms with Gasteiger partial charge in [0.2, 0.25) is 0 Å². The standard InChI is InChI=1S/C58H77N6O10PSSi/c1-39(2)64(40(3)4)75(71-33-34-76-55(66)56(5,6)7)73-50-47(35-70-58(41-21-17-15-18-22-41,42-25-29-44(67-11)30-26-42)43-27-31-45(68-12)32-28-43)72-54(51(50)74-77(13,14)57(8,9)10)63-38-61-49-52(59-37-60-53(49)63)62-48(65)36-69-46-23-19-16-20-24-46/h15-32,37-40,47,50-51,54H,33-36H2,1-14H3,(H,59,60,62,65)/t47-,50+,51+,54-,75?/m1/s1. The summed E-state index contributed by atoms with van der Waals surface area (Å²) in [6.07, 6.45) is -0.328. The Labute approximate surface area is 461 Å². The number of anilines is 1. The molecule has 1 saturated heterocycles. The van der Waals surface area contributed by atoms with Crippen molar-refractivity contribution in [2.45, 2.75) is 130 Å². The van der Waals surface area contributed by atoms with Crippen molar-refractivity contribution in [3.05, 3.63) is 139 Å². The van der Waals surface area contributed by atoms with Crippen LogP contribution in [0.2, 0.25) is 18.1 Å². The van der Waals surface area contributed by atoms with E-state index in [0.717, 1.165) is 16.7 Å². The molecule has 1 aliphatic rings. The maximum atomic E-state index is 13.4. The Hall–Kier alpha value is -5.27. The van der Waals surface area contributed by atoms with Crippen LogP contribution in [0.25, 0.3) is 11.2 Å². The minimum Gasteiger partial charge on any atom is -0.497 e. The summed E-state index contributed by atoms with van der Waals surface area (Å²) < 4.78 is 58.3. The lowest BCUT2D eigenvalue weighted by Gasteiger charge is -2.42. The maximum absolute atomic E-state index is 13.4. The Balaban J connectivity index is 1.37. The van der Waals surface area contributed by atoms with E-state index in [1.165, 1.54) is 18.1 Å². The number of imidazole rings is 1. The molecular weight excluding hydrogens is 1030 g/mol. The van der Waals surface area contributed by atoms with Crippen LogP contribution in [0.1, 0.15) is 92.2 Å².